The number of anilines is 1. The van der Waals surface area contributed by atoms with Crippen molar-refractivity contribution in [1.29, 1.82) is 0 Å². The van der Waals surface area contributed by atoms with Gasteiger partial charge >= 0.3 is 6.03 Å². The standard InChI is InChI=1S/C24H21FN2O3/c1-24(2)22(28)27(20-14-8-7-13-19(20)25)23(29)26(24)16-17-10-6-9-15-21(17)30-18-11-4-3-5-12-18/h3-15H,16H2,1-2H3. The minimum absolute atomic E-state index is 0.0445. The lowest BCUT2D eigenvalue weighted by Crippen LogP contribution is -2.43. The molecule has 1 aliphatic rings. The number of rotatable bonds is 5. The molecule has 0 bridgehead atoms. The van der Waals surface area contributed by atoms with Gasteiger partial charge in [0.05, 0.1) is 12.2 Å². The molecule has 0 radical (unpaired) electrons. The van der Waals surface area contributed by atoms with Gasteiger partial charge in [0, 0.05) is 5.56 Å². The Hall–Kier alpha value is -3.67. The Kier molecular flexibility index (Phi) is 4.99. The third-order valence-electron chi connectivity index (χ3n) is 5.19. The molecule has 0 aliphatic carbocycles. The van der Waals surface area contributed by atoms with Crippen LogP contribution >= 0.6 is 0 Å². The second-order valence-corrected chi connectivity index (χ2v) is 7.54. The molecule has 3 aromatic carbocycles. The molecular formula is C24H21FN2O3. The van der Waals surface area contributed by atoms with Crippen molar-refractivity contribution in [1.82, 2.24) is 4.90 Å². The van der Waals surface area contributed by atoms with E-state index in [9.17, 15) is 14.0 Å². The summed E-state index contributed by atoms with van der Waals surface area (Å²) in [4.78, 5) is 28.6. The Morgan fingerprint density at radius 3 is 2.23 bits per heavy atom. The zero-order valence-electron chi connectivity index (χ0n) is 16.7. The Labute approximate surface area is 174 Å². The van der Waals surface area contributed by atoms with Crippen molar-refractivity contribution in [2.75, 3.05) is 4.90 Å². The third-order valence-corrected chi connectivity index (χ3v) is 5.19. The SMILES string of the molecule is CC1(C)C(=O)N(c2ccccc2F)C(=O)N1Cc1ccccc1Oc1ccccc1. The van der Waals surface area contributed by atoms with Crippen LogP contribution in [0.5, 0.6) is 11.5 Å². The molecule has 152 valence electrons. The number of hydrogen-bond donors (Lipinski definition) is 0. The summed E-state index contributed by atoms with van der Waals surface area (Å²) in [6.45, 7) is 3.47. The predicted octanol–water partition coefficient (Wildman–Crippen LogP) is 5.37. The highest BCUT2D eigenvalue weighted by molar-refractivity contribution is 6.23. The van der Waals surface area contributed by atoms with Crippen LogP contribution in [0.15, 0.2) is 78.9 Å². The van der Waals surface area contributed by atoms with Crippen LogP contribution < -0.4 is 9.64 Å². The summed E-state index contributed by atoms with van der Waals surface area (Å²) in [6.07, 6.45) is 0. The van der Waals surface area contributed by atoms with Gasteiger partial charge in [0.15, 0.2) is 0 Å². The zero-order chi connectivity index (χ0) is 21.3. The van der Waals surface area contributed by atoms with Gasteiger partial charge in [-0.2, -0.15) is 0 Å². The highest BCUT2D eigenvalue weighted by Gasteiger charge is 2.52. The second-order valence-electron chi connectivity index (χ2n) is 7.54. The smallest absolute Gasteiger partial charge is 0.332 e. The molecule has 4 rings (SSSR count). The number of nitrogens with zero attached hydrogens (tertiary/aromatic N) is 2. The van der Waals surface area contributed by atoms with Crippen molar-refractivity contribution in [3.05, 3.63) is 90.2 Å². The lowest BCUT2D eigenvalue weighted by Gasteiger charge is -2.28. The largest absolute Gasteiger partial charge is 0.457 e. The second kappa shape index (κ2) is 7.63. The Morgan fingerprint density at radius 1 is 0.867 bits per heavy atom. The molecule has 1 aliphatic heterocycles. The first-order valence-corrected chi connectivity index (χ1v) is 9.61. The van der Waals surface area contributed by atoms with Crippen LogP contribution in [0.4, 0.5) is 14.9 Å². The molecule has 5 nitrogen and oxygen atoms in total. The summed E-state index contributed by atoms with van der Waals surface area (Å²) in [6, 6.07) is 21.9. The fraction of sp³-hybridized carbons (Fsp3) is 0.167. The summed E-state index contributed by atoms with van der Waals surface area (Å²) < 4.78 is 20.3. The van der Waals surface area contributed by atoms with Crippen LogP contribution in [0, 0.1) is 5.82 Å². The van der Waals surface area contributed by atoms with E-state index in [0.717, 1.165) is 10.5 Å². The van der Waals surface area contributed by atoms with E-state index in [0.29, 0.717) is 11.5 Å². The number of carbonyl (C=O) groups excluding carboxylic acids is 2. The van der Waals surface area contributed by atoms with Crippen molar-refractivity contribution < 1.29 is 18.7 Å². The van der Waals surface area contributed by atoms with E-state index in [1.165, 1.54) is 23.1 Å². The third kappa shape index (κ3) is 3.41. The average Bonchev–Trinajstić information content (AvgIpc) is 2.90. The fourth-order valence-corrected chi connectivity index (χ4v) is 3.47. The Bertz CT molecular complexity index is 1100. The van der Waals surface area contributed by atoms with Crippen LogP contribution in [0.25, 0.3) is 0 Å². The van der Waals surface area contributed by atoms with Gasteiger partial charge in [-0.05, 0) is 44.2 Å². The highest BCUT2D eigenvalue weighted by atomic mass is 19.1. The van der Waals surface area contributed by atoms with E-state index in [-0.39, 0.29) is 12.2 Å². The number of benzene rings is 3. The quantitative estimate of drug-likeness (QED) is 0.538. The number of para-hydroxylation sites is 3. The molecule has 0 spiro atoms. The molecule has 0 aromatic heterocycles. The monoisotopic (exact) mass is 404 g/mol. The molecule has 3 aromatic rings. The predicted molar refractivity (Wildman–Crippen MR) is 112 cm³/mol. The molecule has 0 atom stereocenters. The number of halogens is 1. The van der Waals surface area contributed by atoms with Gasteiger partial charge in [-0.15, -0.1) is 0 Å². The van der Waals surface area contributed by atoms with E-state index in [4.69, 9.17) is 4.74 Å². The fourth-order valence-electron chi connectivity index (χ4n) is 3.47. The Morgan fingerprint density at radius 2 is 1.50 bits per heavy atom. The van der Waals surface area contributed by atoms with Crippen molar-refractivity contribution in [2.45, 2.75) is 25.9 Å². The zero-order valence-corrected chi connectivity index (χ0v) is 16.7. The maximum absolute atomic E-state index is 14.3. The summed E-state index contributed by atoms with van der Waals surface area (Å²) in [5, 5.41) is 0. The van der Waals surface area contributed by atoms with E-state index < -0.39 is 23.3 Å². The normalized spacial score (nSPS) is 15.6. The number of carbonyl (C=O) groups is 2. The van der Waals surface area contributed by atoms with Gasteiger partial charge in [0.25, 0.3) is 5.91 Å². The van der Waals surface area contributed by atoms with Gasteiger partial charge in [-0.25, -0.2) is 14.1 Å². The summed E-state index contributed by atoms with van der Waals surface area (Å²) in [5.74, 6) is 0.161. The van der Waals surface area contributed by atoms with Gasteiger partial charge in [0.1, 0.15) is 22.9 Å². The lowest BCUT2D eigenvalue weighted by atomic mass is 10.0. The molecule has 6 heteroatoms. The number of hydrogen-bond acceptors (Lipinski definition) is 3. The number of urea groups is 1. The van der Waals surface area contributed by atoms with Crippen molar-refractivity contribution in [3.8, 4) is 11.5 Å². The van der Waals surface area contributed by atoms with Crippen LogP contribution in [-0.4, -0.2) is 22.4 Å². The van der Waals surface area contributed by atoms with E-state index >= 15 is 0 Å². The molecule has 1 heterocycles. The maximum atomic E-state index is 14.3. The number of imide groups is 1. The van der Waals surface area contributed by atoms with Crippen molar-refractivity contribution in [3.63, 3.8) is 0 Å². The van der Waals surface area contributed by atoms with Crippen LogP contribution in [0.2, 0.25) is 0 Å². The minimum Gasteiger partial charge on any atom is -0.457 e. The number of amides is 3. The number of ether oxygens (including phenoxy) is 1. The van der Waals surface area contributed by atoms with Crippen LogP contribution in [-0.2, 0) is 11.3 Å². The molecule has 1 saturated heterocycles. The van der Waals surface area contributed by atoms with Gasteiger partial charge in [-0.3, -0.25) is 4.79 Å². The highest BCUT2D eigenvalue weighted by Crippen LogP contribution is 2.36. The first kappa shape index (κ1) is 19.6. The van der Waals surface area contributed by atoms with Crippen LogP contribution in [0.3, 0.4) is 0 Å². The van der Waals surface area contributed by atoms with Crippen molar-refractivity contribution >= 4 is 17.6 Å². The van der Waals surface area contributed by atoms with E-state index in [1.807, 2.05) is 54.6 Å². The van der Waals surface area contributed by atoms with Crippen molar-refractivity contribution in [2.24, 2.45) is 0 Å². The molecule has 30 heavy (non-hydrogen) atoms. The first-order chi connectivity index (χ1) is 14.4. The molecule has 0 N–H and O–H groups in total. The molecule has 0 saturated carbocycles. The minimum atomic E-state index is -1.14. The molecule has 0 unspecified atom stereocenters. The first-order valence-electron chi connectivity index (χ1n) is 9.61. The summed E-state index contributed by atoms with van der Waals surface area (Å²) in [5.41, 5.74) is -0.443. The van der Waals surface area contributed by atoms with Crippen LogP contribution in [0.1, 0.15) is 19.4 Å². The summed E-state index contributed by atoms with van der Waals surface area (Å²) >= 11 is 0. The van der Waals surface area contributed by atoms with Gasteiger partial charge < -0.3 is 9.64 Å². The Balaban J connectivity index is 1.66. The van der Waals surface area contributed by atoms with E-state index in [1.54, 1.807) is 19.9 Å². The topological polar surface area (TPSA) is 49.9 Å². The lowest BCUT2D eigenvalue weighted by molar-refractivity contribution is -0.123. The average molecular weight is 404 g/mol. The molecule has 1 fully saturated rings. The maximum Gasteiger partial charge on any atom is 0.332 e. The van der Waals surface area contributed by atoms with Gasteiger partial charge in [0.2, 0.25) is 0 Å². The summed E-state index contributed by atoms with van der Waals surface area (Å²) in [7, 11) is 0. The van der Waals surface area contributed by atoms with Gasteiger partial charge in [-0.1, -0.05) is 48.5 Å². The molecule has 3 amide bonds. The van der Waals surface area contributed by atoms with E-state index in [2.05, 4.69) is 0 Å². The molecular weight excluding hydrogens is 383 g/mol.